The second kappa shape index (κ2) is 5.96. The van der Waals surface area contributed by atoms with E-state index in [-0.39, 0.29) is 5.56 Å². The fourth-order valence-corrected chi connectivity index (χ4v) is 2.69. The van der Waals surface area contributed by atoms with Crippen LogP contribution < -0.4 is 16.0 Å². The molecule has 0 atom stereocenters. The molecule has 0 amide bonds. The van der Waals surface area contributed by atoms with Crippen molar-refractivity contribution in [3.8, 4) is 5.75 Å². The van der Waals surface area contributed by atoms with Crippen LogP contribution in [0.5, 0.6) is 5.75 Å². The molecule has 0 bridgehead atoms. The maximum absolute atomic E-state index is 12.6. The SMILES string of the molecule is COc1ccc(Cn2cnc3cc(I)c(N)cc3c2=O)cc1. The third-order valence-electron chi connectivity index (χ3n) is 3.45. The molecule has 0 saturated heterocycles. The number of ether oxygens (including phenoxy) is 1. The standard InChI is InChI=1S/C16H14IN3O2/c1-22-11-4-2-10(3-5-11)8-20-9-19-15-7-13(17)14(18)6-12(15)16(20)21/h2-7,9H,8,18H2,1H3. The topological polar surface area (TPSA) is 70.1 Å². The number of methoxy groups -OCH3 is 1. The van der Waals surface area contributed by atoms with E-state index < -0.39 is 0 Å². The number of benzene rings is 2. The Labute approximate surface area is 140 Å². The minimum absolute atomic E-state index is 0.0936. The van der Waals surface area contributed by atoms with Gasteiger partial charge in [-0.1, -0.05) is 12.1 Å². The molecule has 2 N–H and O–H groups in total. The van der Waals surface area contributed by atoms with Crippen LogP contribution in [-0.2, 0) is 6.54 Å². The number of anilines is 1. The predicted molar refractivity (Wildman–Crippen MR) is 95.2 cm³/mol. The third-order valence-corrected chi connectivity index (χ3v) is 4.39. The molecule has 5 nitrogen and oxygen atoms in total. The molecular formula is C16H14IN3O2. The number of hydrogen-bond donors (Lipinski definition) is 1. The molecule has 0 saturated carbocycles. The van der Waals surface area contributed by atoms with Gasteiger partial charge < -0.3 is 10.5 Å². The highest BCUT2D eigenvalue weighted by molar-refractivity contribution is 14.1. The van der Waals surface area contributed by atoms with E-state index in [0.29, 0.717) is 23.1 Å². The summed E-state index contributed by atoms with van der Waals surface area (Å²) in [6, 6.07) is 11.1. The van der Waals surface area contributed by atoms with Crippen molar-refractivity contribution < 1.29 is 4.74 Å². The molecule has 1 heterocycles. The second-order valence-corrected chi connectivity index (χ2v) is 6.08. The molecule has 112 valence electrons. The molecule has 0 aliphatic heterocycles. The van der Waals surface area contributed by atoms with Crippen LogP contribution in [0.15, 0.2) is 47.5 Å². The highest BCUT2D eigenvalue weighted by Gasteiger charge is 2.07. The summed E-state index contributed by atoms with van der Waals surface area (Å²) in [5.41, 5.74) is 8.05. The zero-order valence-corrected chi connectivity index (χ0v) is 14.1. The summed E-state index contributed by atoms with van der Waals surface area (Å²) in [7, 11) is 1.62. The fourth-order valence-electron chi connectivity index (χ4n) is 2.24. The van der Waals surface area contributed by atoms with Crippen LogP contribution in [0.4, 0.5) is 5.69 Å². The van der Waals surface area contributed by atoms with Crippen LogP contribution in [0.25, 0.3) is 10.9 Å². The van der Waals surface area contributed by atoms with Crippen LogP contribution in [0.3, 0.4) is 0 Å². The first-order chi connectivity index (χ1) is 10.6. The lowest BCUT2D eigenvalue weighted by atomic mass is 10.2. The summed E-state index contributed by atoms with van der Waals surface area (Å²) in [6.07, 6.45) is 1.57. The molecule has 22 heavy (non-hydrogen) atoms. The van der Waals surface area contributed by atoms with E-state index in [0.717, 1.165) is 14.9 Å². The zero-order valence-electron chi connectivity index (χ0n) is 11.9. The normalized spacial score (nSPS) is 10.8. The number of hydrogen-bond acceptors (Lipinski definition) is 4. The van der Waals surface area contributed by atoms with Crippen molar-refractivity contribution in [2.75, 3.05) is 12.8 Å². The Morgan fingerprint density at radius 2 is 2.00 bits per heavy atom. The molecule has 1 aromatic heterocycles. The van der Waals surface area contributed by atoms with E-state index >= 15 is 0 Å². The fraction of sp³-hybridized carbons (Fsp3) is 0.125. The Morgan fingerprint density at radius 3 is 2.68 bits per heavy atom. The molecule has 0 aliphatic carbocycles. The predicted octanol–water partition coefficient (Wildman–Crippen LogP) is 2.64. The van der Waals surface area contributed by atoms with E-state index in [4.69, 9.17) is 10.5 Å². The minimum Gasteiger partial charge on any atom is -0.497 e. The van der Waals surface area contributed by atoms with Crippen molar-refractivity contribution >= 4 is 39.2 Å². The van der Waals surface area contributed by atoms with Crippen molar-refractivity contribution in [1.29, 1.82) is 0 Å². The van der Waals surface area contributed by atoms with Gasteiger partial charge in [-0.05, 0) is 52.4 Å². The number of rotatable bonds is 3. The Balaban J connectivity index is 2.02. The highest BCUT2D eigenvalue weighted by atomic mass is 127. The lowest BCUT2D eigenvalue weighted by Gasteiger charge is -2.08. The summed E-state index contributed by atoms with van der Waals surface area (Å²) >= 11 is 2.13. The molecule has 0 fully saturated rings. The number of nitrogen functional groups attached to an aromatic ring is 1. The highest BCUT2D eigenvalue weighted by Crippen LogP contribution is 2.19. The van der Waals surface area contributed by atoms with Gasteiger partial charge in [0, 0.05) is 9.26 Å². The Morgan fingerprint density at radius 1 is 1.27 bits per heavy atom. The first-order valence-corrected chi connectivity index (χ1v) is 7.73. The largest absolute Gasteiger partial charge is 0.497 e. The number of aromatic nitrogens is 2. The van der Waals surface area contributed by atoms with E-state index in [1.165, 1.54) is 0 Å². The van der Waals surface area contributed by atoms with Gasteiger partial charge in [-0.15, -0.1) is 0 Å². The van der Waals surface area contributed by atoms with Gasteiger partial charge in [-0.2, -0.15) is 0 Å². The van der Waals surface area contributed by atoms with Crippen molar-refractivity contribution in [3.05, 3.63) is 62.2 Å². The summed E-state index contributed by atoms with van der Waals surface area (Å²) in [4.78, 5) is 16.9. The van der Waals surface area contributed by atoms with Gasteiger partial charge in [0.1, 0.15) is 5.75 Å². The lowest BCUT2D eigenvalue weighted by Crippen LogP contribution is -2.21. The smallest absolute Gasteiger partial charge is 0.261 e. The van der Waals surface area contributed by atoms with Gasteiger partial charge in [0.2, 0.25) is 0 Å². The van der Waals surface area contributed by atoms with Crippen LogP contribution in [0.1, 0.15) is 5.56 Å². The molecule has 0 unspecified atom stereocenters. The second-order valence-electron chi connectivity index (χ2n) is 4.92. The number of nitrogens with two attached hydrogens (primary N) is 1. The van der Waals surface area contributed by atoms with Crippen LogP contribution in [-0.4, -0.2) is 16.7 Å². The monoisotopic (exact) mass is 407 g/mol. The van der Waals surface area contributed by atoms with E-state index in [2.05, 4.69) is 27.6 Å². The van der Waals surface area contributed by atoms with E-state index in [9.17, 15) is 4.79 Å². The molecule has 0 radical (unpaired) electrons. The molecule has 3 aromatic rings. The van der Waals surface area contributed by atoms with E-state index in [1.807, 2.05) is 30.3 Å². The zero-order chi connectivity index (χ0) is 15.7. The van der Waals surface area contributed by atoms with Gasteiger partial charge in [-0.25, -0.2) is 4.98 Å². The van der Waals surface area contributed by atoms with E-state index in [1.54, 1.807) is 24.1 Å². The number of halogens is 1. The van der Waals surface area contributed by atoms with Gasteiger partial charge in [0.15, 0.2) is 0 Å². The average Bonchev–Trinajstić information content (AvgIpc) is 2.53. The van der Waals surface area contributed by atoms with Gasteiger partial charge in [0.05, 0.1) is 30.9 Å². The summed E-state index contributed by atoms with van der Waals surface area (Å²) in [5.74, 6) is 0.787. The maximum Gasteiger partial charge on any atom is 0.261 e. The Bertz CT molecular complexity index is 888. The molecular weight excluding hydrogens is 393 g/mol. The first kappa shape index (κ1) is 14.8. The summed E-state index contributed by atoms with van der Waals surface area (Å²) in [5, 5.41) is 0.536. The quantitative estimate of drug-likeness (QED) is 0.536. The van der Waals surface area contributed by atoms with Crippen LogP contribution in [0.2, 0.25) is 0 Å². The molecule has 6 heteroatoms. The molecule has 0 spiro atoms. The number of fused-ring (bicyclic) bond motifs is 1. The molecule has 0 aliphatic rings. The summed E-state index contributed by atoms with van der Waals surface area (Å²) in [6.45, 7) is 0.456. The lowest BCUT2D eigenvalue weighted by molar-refractivity contribution is 0.414. The number of nitrogens with zero attached hydrogens (tertiary/aromatic N) is 2. The first-order valence-electron chi connectivity index (χ1n) is 6.65. The Hall–Kier alpha value is -2.09. The third kappa shape index (κ3) is 2.78. The van der Waals surface area contributed by atoms with Crippen LogP contribution >= 0.6 is 22.6 Å². The molecule has 3 rings (SSSR count). The van der Waals surface area contributed by atoms with Crippen molar-refractivity contribution in [2.24, 2.45) is 0 Å². The Kier molecular flexibility index (Phi) is 4.02. The average molecular weight is 407 g/mol. The van der Waals surface area contributed by atoms with Crippen molar-refractivity contribution in [3.63, 3.8) is 0 Å². The van der Waals surface area contributed by atoms with Crippen LogP contribution in [0, 0.1) is 3.57 Å². The minimum atomic E-state index is -0.0936. The van der Waals surface area contributed by atoms with Gasteiger partial charge in [0.25, 0.3) is 5.56 Å². The van der Waals surface area contributed by atoms with Gasteiger partial charge >= 0.3 is 0 Å². The van der Waals surface area contributed by atoms with Crippen molar-refractivity contribution in [2.45, 2.75) is 6.54 Å². The molecule has 2 aromatic carbocycles. The summed E-state index contributed by atoms with van der Waals surface area (Å²) < 4.78 is 7.60. The maximum atomic E-state index is 12.6. The van der Waals surface area contributed by atoms with Gasteiger partial charge in [-0.3, -0.25) is 9.36 Å². The van der Waals surface area contributed by atoms with Crippen molar-refractivity contribution in [1.82, 2.24) is 9.55 Å².